The summed E-state index contributed by atoms with van der Waals surface area (Å²) in [6.45, 7) is 3.12. The highest BCUT2D eigenvalue weighted by atomic mass is 16.6. The van der Waals surface area contributed by atoms with Crippen molar-refractivity contribution in [2.24, 2.45) is 0 Å². The number of ether oxygens (including phenoxy) is 1. The van der Waals surface area contributed by atoms with E-state index in [-0.39, 0.29) is 5.69 Å². The number of anilines is 1. The topological polar surface area (TPSA) is 77.3 Å². The fourth-order valence-corrected chi connectivity index (χ4v) is 2.47. The number of pyridine rings is 1. The zero-order valence-electron chi connectivity index (χ0n) is 11.8. The summed E-state index contributed by atoms with van der Waals surface area (Å²) in [6, 6.07) is 1.53. The van der Waals surface area contributed by atoms with Crippen molar-refractivity contribution in [3.05, 3.63) is 27.9 Å². The van der Waals surface area contributed by atoms with Gasteiger partial charge in [-0.15, -0.1) is 0 Å². The van der Waals surface area contributed by atoms with Crippen LogP contribution in [0.5, 0.6) is 0 Å². The van der Waals surface area contributed by atoms with E-state index in [1.165, 1.54) is 31.5 Å². The molecular formula is C14H21N3O3. The normalized spacial score (nSPS) is 16.1. The molecule has 0 spiro atoms. The zero-order valence-corrected chi connectivity index (χ0v) is 11.8. The van der Waals surface area contributed by atoms with Gasteiger partial charge in [0.1, 0.15) is 12.0 Å². The summed E-state index contributed by atoms with van der Waals surface area (Å²) < 4.78 is 5.81. The lowest BCUT2D eigenvalue weighted by Crippen LogP contribution is -2.20. The van der Waals surface area contributed by atoms with E-state index in [4.69, 9.17) is 4.74 Å². The second kappa shape index (κ2) is 7.19. The second-order valence-electron chi connectivity index (χ2n) is 5.17. The monoisotopic (exact) mass is 279 g/mol. The molecule has 0 aromatic carbocycles. The van der Waals surface area contributed by atoms with Crippen LogP contribution in [0.15, 0.2) is 12.3 Å². The molecule has 1 aliphatic rings. The number of nitrogens with zero attached hydrogens (tertiary/aromatic N) is 2. The first-order valence-electron chi connectivity index (χ1n) is 7.13. The molecular weight excluding hydrogens is 258 g/mol. The maximum absolute atomic E-state index is 10.6. The summed E-state index contributed by atoms with van der Waals surface area (Å²) in [5.74, 6) is 0.683. The van der Waals surface area contributed by atoms with Crippen LogP contribution in [0.3, 0.4) is 0 Å². The number of aryl methyl sites for hydroxylation is 1. The first kappa shape index (κ1) is 14.7. The van der Waals surface area contributed by atoms with E-state index in [1.807, 2.05) is 6.92 Å². The fraction of sp³-hybridized carbons (Fsp3) is 0.643. The molecule has 0 bridgehead atoms. The Hall–Kier alpha value is -1.69. The fourth-order valence-electron chi connectivity index (χ4n) is 2.47. The van der Waals surface area contributed by atoms with Crippen molar-refractivity contribution in [3.63, 3.8) is 0 Å². The van der Waals surface area contributed by atoms with Gasteiger partial charge in [0.15, 0.2) is 0 Å². The number of nitro groups is 1. The van der Waals surface area contributed by atoms with E-state index in [9.17, 15) is 10.1 Å². The zero-order chi connectivity index (χ0) is 14.4. The van der Waals surface area contributed by atoms with E-state index < -0.39 is 4.92 Å². The minimum atomic E-state index is -0.435. The molecule has 1 aliphatic carbocycles. The quantitative estimate of drug-likeness (QED) is 0.492. The number of nitrogens with one attached hydrogen (secondary N) is 1. The maximum atomic E-state index is 10.6. The Kier molecular flexibility index (Phi) is 5.29. The molecule has 0 radical (unpaired) electrons. The molecule has 0 atom stereocenters. The third-order valence-corrected chi connectivity index (χ3v) is 3.57. The van der Waals surface area contributed by atoms with Crippen molar-refractivity contribution in [3.8, 4) is 0 Å². The Labute approximate surface area is 118 Å². The van der Waals surface area contributed by atoms with Gasteiger partial charge < -0.3 is 10.1 Å². The molecule has 0 amide bonds. The van der Waals surface area contributed by atoms with E-state index in [0.29, 0.717) is 25.1 Å². The van der Waals surface area contributed by atoms with Gasteiger partial charge in [-0.1, -0.05) is 19.3 Å². The molecule has 1 aromatic heterocycles. The average Bonchev–Trinajstić information content (AvgIpc) is 2.46. The number of aromatic nitrogens is 1. The lowest BCUT2D eigenvalue weighted by Gasteiger charge is -2.22. The second-order valence-corrected chi connectivity index (χ2v) is 5.17. The van der Waals surface area contributed by atoms with Crippen molar-refractivity contribution < 1.29 is 9.66 Å². The van der Waals surface area contributed by atoms with Gasteiger partial charge in [-0.2, -0.15) is 0 Å². The van der Waals surface area contributed by atoms with E-state index >= 15 is 0 Å². The van der Waals surface area contributed by atoms with Gasteiger partial charge in [0.05, 0.1) is 17.6 Å². The highest BCUT2D eigenvalue weighted by Gasteiger charge is 2.13. The van der Waals surface area contributed by atoms with Crippen molar-refractivity contribution in [1.82, 2.24) is 4.98 Å². The summed E-state index contributed by atoms with van der Waals surface area (Å²) in [4.78, 5) is 14.3. The standard InChI is InChI=1S/C14H21N3O3/c1-11-9-12(17(18)19)10-16-14(11)15-7-8-20-13-5-3-2-4-6-13/h9-10,13H,2-8H2,1H3,(H,15,16). The molecule has 1 saturated carbocycles. The molecule has 110 valence electrons. The minimum absolute atomic E-state index is 0.0199. The van der Waals surface area contributed by atoms with E-state index in [1.54, 1.807) is 0 Å². The molecule has 1 heterocycles. The summed E-state index contributed by atoms with van der Waals surface area (Å²) >= 11 is 0. The summed E-state index contributed by atoms with van der Waals surface area (Å²) in [6.07, 6.45) is 7.85. The number of hydrogen-bond donors (Lipinski definition) is 1. The highest BCUT2D eigenvalue weighted by Crippen LogP contribution is 2.20. The van der Waals surface area contributed by atoms with E-state index in [0.717, 1.165) is 18.4 Å². The molecule has 1 N–H and O–H groups in total. The van der Waals surface area contributed by atoms with Gasteiger partial charge in [-0.25, -0.2) is 4.98 Å². The predicted octanol–water partition coefficient (Wildman–Crippen LogP) is 3.06. The van der Waals surface area contributed by atoms with Crippen molar-refractivity contribution in [2.75, 3.05) is 18.5 Å². The minimum Gasteiger partial charge on any atom is -0.376 e. The molecule has 0 aliphatic heterocycles. The highest BCUT2D eigenvalue weighted by molar-refractivity contribution is 5.48. The summed E-state index contributed by atoms with van der Waals surface area (Å²) in [5, 5.41) is 13.8. The van der Waals surface area contributed by atoms with Crippen LogP contribution < -0.4 is 5.32 Å². The van der Waals surface area contributed by atoms with Gasteiger partial charge in [0, 0.05) is 12.6 Å². The van der Waals surface area contributed by atoms with Crippen LogP contribution in [-0.4, -0.2) is 29.2 Å². The summed E-state index contributed by atoms with van der Waals surface area (Å²) in [7, 11) is 0. The molecule has 0 saturated heterocycles. The van der Waals surface area contributed by atoms with Crippen molar-refractivity contribution in [1.29, 1.82) is 0 Å². The van der Waals surface area contributed by atoms with E-state index in [2.05, 4.69) is 10.3 Å². The molecule has 2 rings (SSSR count). The van der Waals surface area contributed by atoms with Crippen LogP contribution in [-0.2, 0) is 4.74 Å². The predicted molar refractivity (Wildman–Crippen MR) is 76.9 cm³/mol. The first-order valence-corrected chi connectivity index (χ1v) is 7.13. The van der Waals surface area contributed by atoms with Crippen molar-refractivity contribution >= 4 is 11.5 Å². The van der Waals surface area contributed by atoms with Crippen LogP contribution in [0, 0.1) is 17.0 Å². The molecule has 1 aromatic rings. The largest absolute Gasteiger partial charge is 0.376 e. The summed E-state index contributed by atoms with van der Waals surface area (Å²) in [5.41, 5.74) is 0.795. The third kappa shape index (κ3) is 4.16. The van der Waals surface area contributed by atoms with Gasteiger partial charge in [-0.05, 0) is 25.3 Å². The molecule has 6 heteroatoms. The van der Waals surface area contributed by atoms with Crippen LogP contribution in [0.2, 0.25) is 0 Å². The van der Waals surface area contributed by atoms with Crippen molar-refractivity contribution in [2.45, 2.75) is 45.1 Å². The Morgan fingerprint density at radius 3 is 2.85 bits per heavy atom. The third-order valence-electron chi connectivity index (χ3n) is 3.57. The molecule has 1 fully saturated rings. The average molecular weight is 279 g/mol. The van der Waals surface area contributed by atoms with Crippen LogP contribution in [0.25, 0.3) is 0 Å². The lowest BCUT2D eigenvalue weighted by molar-refractivity contribution is -0.385. The number of rotatable bonds is 6. The first-order chi connectivity index (χ1) is 9.66. The van der Waals surface area contributed by atoms with Gasteiger partial charge in [-0.3, -0.25) is 10.1 Å². The lowest BCUT2D eigenvalue weighted by atomic mass is 9.98. The Bertz CT molecular complexity index is 459. The van der Waals surface area contributed by atoms with Crippen LogP contribution >= 0.6 is 0 Å². The Balaban J connectivity index is 1.74. The van der Waals surface area contributed by atoms with Gasteiger partial charge in [0.25, 0.3) is 5.69 Å². The number of hydrogen-bond acceptors (Lipinski definition) is 5. The van der Waals surface area contributed by atoms with Gasteiger partial charge in [0.2, 0.25) is 0 Å². The Morgan fingerprint density at radius 1 is 1.45 bits per heavy atom. The maximum Gasteiger partial charge on any atom is 0.287 e. The smallest absolute Gasteiger partial charge is 0.287 e. The SMILES string of the molecule is Cc1cc([N+](=O)[O-])cnc1NCCOC1CCCCC1. The Morgan fingerprint density at radius 2 is 2.20 bits per heavy atom. The molecule has 6 nitrogen and oxygen atoms in total. The van der Waals surface area contributed by atoms with Crippen LogP contribution in [0.1, 0.15) is 37.7 Å². The van der Waals surface area contributed by atoms with Crippen LogP contribution in [0.4, 0.5) is 11.5 Å². The van der Waals surface area contributed by atoms with Gasteiger partial charge >= 0.3 is 0 Å². The molecule has 20 heavy (non-hydrogen) atoms. The molecule has 0 unspecified atom stereocenters.